The van der Waals surface area contributed by atoms with Crippen LogP contribution in [-0.2, 0) is 0 Å². The summed E-state index contributed by atoms with van der Waals surface area (Å²) in [4.78, 5) is 2.57. The number of likely N-dealkylation sites (N-methyl/N-ethyl adjacent to an activating group) is 1. The summed E-state index contributed by atoms with van der Waals surface area (Å²) < 4.78 is 0. The zero-order valence-corrected chi connectivity index (χ0v) is 10.4. The molecule has 2 nitrogen and oxygen atoms in total. The first-order chi connectivity index (χ1) is 7.76. The molecule has 1 N–H and O–H groups in total. The Labute approximate surface area is 98.8 Å². The van der Waals surface area contributed by atoms with E-state index in [0.29, 0.717) is 5.54 Å². The van der Waals surface area contributed by atoms with Crippen molar-refractivity contribution in [2.45, 2.75) is 37.6 Å². The predicted molar refractivity (Wildman–Crippen MR) is 65.3 cm³/mol. The zero-order chi connectivity index (χ0) is 10.8. The molecule has 16 heavy (non-hydrogen) atoms. The predicted octanol–water partition coefficient (Wildman–Crippen LogP) is 1.72. The highest BCUT2D eigenvalue weighted by molar-refractivity contribution is 5.13. The number of hydrogen-bond acceptors (Lipinski definition) is 2. The van der Waals surface area contributed by atoms with Crippen LogP contribution in [0.15, 0.2) is 0 Å². The van der Waals surface area contributed by atoms with Crippen LogP contribution >= 0.6 is 0 Å². The first-order valence-corrected chi connectivity index (χ1v) is 7.20. The maximum absolute atomic E-state index is 3.97. The maximum atomic E-state index is 3.97. The Hall–Kier alpha value is -0.0800. The van der Waals surface area contributed by atoms with Gasteiger partial charge in [-0.3, -0.25) is 0 Å². The summed E-state index contributed by atoms with van der Waals surface area (Å²) in [5, 5.41) is 3.97. The van der Waals surface area contributed by atoms with Crippen LogP contribution in [0, 0.1) is 23.7 Å². The van der Waals surface area contributed by atoms with Crippen molar-refractivity contribution in [3.05, 3.63) is 0 Å². The quantitative estimate of drug-likeness (QED) is 0.668. The molecule has 90 valence electrons. The van der Waals surface area contributed by atoms with Crippen molar-refractivity contribution in [1.82, 2.24) is 10.2 Å². The van der Waals surface area contributed by atoms with Gasteiger partial charge in [-0.2, -0.15) is 0 Å². The minimum atomic E-state index is 0.528. The van der Waals surface area contributed by atoms with Gasteiger partial charge in [0.15, 0.2) is 0 Å². The lowest BCUT2D eigenvalue weighted by Crippen LogP contribution is -2.71. The van der Waals surface area contributed by atoms with Gasteiger partial charge in [0.05, 0.1) is 0 Å². The normalized spacial score (nSPS) is 56.1. The van der Waals surface area contributed by atoms with E-state index >= 15 is 0 Å². The summed E-state index contributed by atoms with van der Waals surface area (Å²) in [5.74, 6) is 4.21. The van der Waals surface area contributed by atoms with Crippen LogP contribution in [0.4, 0.5) is 0 Å². The van der Waals surface area contributed by atoms with E-state index in [4.69, 9.17) is 0 Å². The summed E-state index contributed by atoms with van der Waals surface area (Å²) in [6.07, 6.45) is 7.71. The van der Waals surface area contributed by atoms with E-state index in [2.05, 4.69) is 17.3 Å². The Morgan fingerprint density at radius 2 is 1.62 bits per heavy atom. The third kappa shape index (κ3) is 1.20. The average Bonchev–Trinajstić information content (AvgIpc) is 2.25. The van der Waals surface area contributed by atoms with Gasteiger partial charge in [-0.15, -0.1) is 0 Å². The van der Waals surface area contributed by atoms with Crippen LogP contribution in [0.3, 0.4) is 0 Å². The number of rotatable bonds is 0. The van der Waals surface area contributed by atoms with Crippen molar-refractivity contribution >= 4 is 0 Å². The smallest absolute Gasteiger partial charge is 0.0366 e. The van der Waals surface area contributed by atoms with Crippen molar-refractivity contribution in [2.75, 3.05) is 26.7 Å². The summed E-state index contributed by atoms with van der Waals surface area (Å²) >= 11 is 0. The summed E-state index contributed by atoms with van der Waals surface area (Å²) in [7, 11) is 2.31. The molecule has 4 aliphatic carbocycles. The van der Waals surface area contributed by atoms with Crippen molar-refractivity contribution < 1.29 is 0 Å². The van der Waals surface area contributed by atoms with Gasteiger partial charge in [-0.25, -0.2) is 0 Å². The molecule has 1 heterocycles. The Morgan fingerprint density at radius 3 is 2.19 bits per heavy atom. The molecule has 0 atom stereocenters. The largest absolute Gasteiger partial charge is 0.308 e. The van der Waals surface area contributed by atoms with E-state index in [1.165, 1.54) is 45.3 Å². The van der Waals surface area contributed by atoms with Gasteiger partial charge >= 0.3 is 0 Å². The van der Waals surface area contributed by atoms with E-state index < -0.39 is 0 Å². The Balaban J connectivity index is 1.67. The zero-order valence-electron chi connectivity index (χ0n) is 10.4. The molecule has 5 fully saturated rings. The number of nitrogens with zero attached hydrogens (tertiary/aromatic N) is 1. The SMILES string of the molecule is CN1CCNC2(C1)C1CC3CC(C1)CC2C3. The Morgan fingerprint density at radius 1 is 1.00 bits per heavy atom. The highest BCUT2D eigenvalue weighted by Crippen LogP contribution is 2.58. The molecule has 1 spiro atoms. The number of piperazine rings is 1. The fourth-order valence-electron chi connectivity index (χ4n) is 5.63. The minimum Gasteiger partial charge on any atom is -0.308 e. The molecule has 4 saturated carbocycles. The molecular formula is C14H24N2. The van der Waals surface area contributed by atoms with E-state index in [1.807, 2.05) is 0 Å². The third-order valence-corrected chi connectivity index (χ3v) is 6.07. The van der Waals surface area contributed by atoms with Gasteiger partial charge in [0.1, 0.15) is 0 Å². The average molecular weight is 220 g/mol. The molecular weight excluding hydrogens is 196 g/mol. The van der Waals surface area contributed by atoms with Crippen molar-refractivity contribution in [3.63, 3.8) is 0 Å². The first-order valence-electron chi connectivity index (χ1n) is 7.20. The lowest BCUT2D eigenvalue weighted by molar-refractivity contribution is -0.0948. The van der Waals surface area contributed by atoms with E-state index in [0.717, 1.165) is 23.7 Å². The second kappa shape index (κ2) is 3.23. The monoisotopic (exact) mass is 220 g/mol. The molecule has 2 heteroatoms. The fourth-order valence-corrected chi connectivity index (χ4v) is 5.63. The molecule has 5 rings (SSSR count). The Bertz CT molecular complexity index is 271. The summed E-state index contributed by atoms with van der Waals surface area (Å²) in [6.45, 7) is 3.79. The molecule has 4 bridgehead atoms. The topological polar surface area (TPSA) is 15.3 Å². The molecule has 0 unspecified atom stereocenters. The van der Waals surface area contributed by atoms with Crippen LogP contribution in [0.1, 0.15) is 32.1 Å². The second-order valence-electron chi connectivity index (χ2n) is 7.01. The molecule has 5 aliphatic rings. The van der Waals surface area contributed by atoms with Gasteiger partial charge in [0.25, 0.3) is 0 Å². The van der Waals surface area contributed by atoms with Crippen LogP contribution in [0.5, 0.6) is 0 Å². The second-order valence-corrected chi connectivity index (χ2v) is 7.01. The Kier molecular flexibility index (Phi) is 2.00. The highest BCUT2D eigenvalue weighted by atomic mass is 15.2. The van der Waals surface area contributed by atoms with Crippen LogP contribution in [-0.4, -0.2) is 37.1 Å². The molecule has 0 radical (unpaired) electrons. The number of nitrogens with one attached hydrogen (secondary N) is 1. The summed E-state index contributed by atoms with van der Waals surface area (Å²) in [5.41, 5.74) is 0.528. The molecule has 0 aromatic carbocycles. The van der Waals surface area contributed by atoms with E-state index in [1.54, 1.807) is 6.42 Å². The van der Waals surface area contributed by atoms with Crippen molar-refractivity contribution in [2.24, 2.45) is 23.7 Å². The minimum absolute atomic E-state index is 0.528. The standard InChI is InChI=1S/C14H24N2/c1-16-3-2-15-14(9-16)12-5-10-4-11(7-12)8-13(14)6-10/h10-13,15H,2-9H2,1H3. The molecule has 1 aliphatic heterocycles. The van der Waals surface area contributed by atoms with Crippen LogP contribution in [0.2, 0.25) is 0 Å². The van der Waals surface area contributed by atoms with E-state index in [9.17, 15) is 0 Å². The number of hydrogen-bond donors (Lipinski definition) is 1. The maximum Gasteiger partial charge on any atom is 0.0366 e. The first kappa shape index (κ1) is 9.90. The summed E-state index contributed by atoms with van der Waals surface area (Å²) in [6, 6.07) is 0. The van der Waals surface area contributed by atoms with Gasteiger partial charge in [-0.1, -0.05) is 0 Å². The molecule has 0 aromatic heterocycles. The van der Waals surface area contributed by atoms with Crippen LogP contribution in [0.25, 0.3) is 0 Å². The molecule has 0 amide bonds. The van der Waals surface area contributed by atoms with Crippen molar-refractivity contribution in [1.29, 1.82) is 0 Å². The fraction of sp³-hybridized carbons (Fsp3) is 1.00. The molecule has 0 aromatic rings. The van der Waals surface area contributed by atoms with Crippen LogP contribution < -0.4 is 5.32 Å². The van der Waals surface area contributed by atoms with E-state index in [-0.39, 0.29) is 0 Å². The van der Waals surface area contributed by atoms with Crippen molar-refractivity contribution in [3.8, 4) is 0 Å². The lowest BCUT2D eigenvalue weighted by atomic mass is 9.48. The van der Waals surface area contributed by atoms with Gasteiger partial charge in [0, 0.05) is 25.2 Å². The van der Waals surface area contributed by atoms with Gasteiger partial charge in [0.2, 0.25) is 0 Å². The highest BCUT2D eigenvalue weighted by Gasteiger charge is 2.57. The lowest BCUT2D eigenvalue weighted by Gasteiger charge is -2.63. The van der Waals surface area contributed by atoms with Gasteiger partial charge < -0.3 is 10.2 Å². The third-order valence-electron chi connectivity index (χ3n) is 6.07. The molecule has 1 saturated heterocycles. The van der Waals surface area contributed by atoms with Gasteiger partial charge in [-0.05, 0) is 62.8 Å².